The highest BCUT2D eigenvalue weighted by molar-refractivity contribution is 6.17. The molecule has 0 aromatic heterocycles. The average molecular weight is 383 g/mol. The molecule has 1 spiro atoms. The Morgan fingerprint density at radius 3 is 2.29 bits per heavy atom. The van der Waals surface area contributed by atoms with E-state index in [0.717, 1.165) is 30.5 Å². The molecule has 2 fully saturated rings. The van der Waals surface area contributed by atoms with Gasteiger partial charge in [-0.15, -0.1) is 0 Å². The van der Waals surface area contributed by atoms with Crippen molar-refractivity contribution in [3.8, 4) is 11.1 Å². The van der Waals surface area contributed by atoms with Gasteiger partial charge in [0.2, 0.25) is 5.91 Å². The Bertz CT molecular complexity index is 961. The van der Waals surface area contributed by atoms with Crippen LogP contribution >= 0.6 is 0 Å². The highest BCUT2D eigenvalue weighted by atomic mass is 19.2. The third-order valence-corrected chi connectivity index (χ3v) is 6.33. The number of nitrogens with one attached hydrogen (secondary N) is 1. The Hall–Kier alpha value is -2.56. The maximum atomic E-state index is 13.6. The van der Waals surface area contributed by atoms with Crippen LogP contribution in [0.5, 0.6) is 0 Å². The summed E-state index contributed by atoms with van der Waals surface area (Å²) < 4.78 is 26.9. The second-order valence-electron chi connectivity index (χ2n) is 8.25. The molecule has 5 heteroatoms. The summed E-state index contributed by atoms with van der Waals surface area (Å²) in [6.07, 6.45) is 3.20. The summed E-state index contributed by atoms with van der Waals surface area (Å²) in [7, 11) is 0. The Morgan fingerprint density at radius 1 is 0.964 bits per heavy atom. The lowest BCUT2D eigenvalue weighted by atomic mass is 9.73. The zero-order valence-electron chi connectivity index (χ0n) is 16.0. The number of amides is 1. The highest BCUT2D eigenvalue weighted by Crippen LogP contribution is 2.42. The van der Waals surface area contributed by atoms with E-state index in [2.05, 4.69) is 12.2 Å². The summed E-state index contributed by atoms with van der Waals surface area (Å²) in [5.74, 6) is -2.44. The van der Waals surface area contributed by atoms with E-state index >= 15 is 0 Å². The zero-order valence-corrected chi connectivity index (χ0v) is 16.0. The lowest BCUT2D eigenvalue weighted by Gasteiger charge is -2.34. The molecule has 2 aromatic carbocycles. The SMILES string of the molecule is Cc1ccc(-c2ccc(F)c(F)c2)cc1C1C(=O)NC2(CCC(C)CC2)C1=O. The van der Waals surface area contributed by atoms with Gasteiger partial charge < -0.3 is 5.32 Å². The van der Waals surface area contributed by atoms with Crippen LogP contribution in [0.25, 0.3) is 11.1 Å². The number of rotatable bonds is 2. The van der Waals surface area contributed by atoms with Crippen LogP contribution in [0.1, 0.15) is 49.7 Å². The lowest BCUT2D eigenvalue weighted by Crippen LogP contribution is -2.49. The van der Waals surface area contributed by atoms with Crippen molar-refractivity contribution in [1.29, 1.82) is 0 Å². The second kappa shape index (κ2) is 6.80. The van der Waals surface area contributed by atoms with E-state index in [1.165, 1.54) is 6.07 Å². The van der Waals surface area contributed by atoms with Gasteiger partial charge in [-0.1, -0.05) is 25.1 Å². The molecule has 1 heterocycles. The minimum Gasteiger partial charge on any atom is -0.343 e. The third-order valence-electron chi connectivity index (χ3n) is 6.33. The lowest BCUT2D eigenvalue weighted by molar-refractivity contribution is -0.126. The molecule has 1 amide bonds. The number of ketones is 1. The molecule has 4 rings (SSSR count). The molecule has 1 saturated carbocycles. The number of carbonyl (C=O) groups is 2. The molecule has 1 aliphatic carbocycles. The largest absolute Gasteiger partial charge is 0.343 e. The van der Waals surface area contributed by atoms with E-state index < -0.39 is 23.1 Å². The fourth-order valence-corrected chi connectivity index (χ4v) is 4.48. The van der Waals surface area contributed by atoms with Crippen LogP contribution < -0.4 is 5.32 Å². The normalized spacial score (nSPS) is 27.3. The van der Waals surface area contributed by atoms with Crippen molar-refractivity contribution in [1.82, 2.24) is 5.32 Å². The van der Waals surface area contributed by atoms with E-state index in [4.69, 9.17) is 0 Å². The predicted octanol–water partition coefficient (Wildman–Crippen LogP) is 4.67. The molecule has 146 valence electrons. The number of carbonyl (C=O) groups excluding carboxylic acids is 2. The van der Waals surface area contributed by atoms with Crippen LogP contribution in [0.4, 0.5) is 8.78 Å². The summed E-state index contributed by atoms with van der Waals surface area (Å²) in [6.45, 7) is 4.03. The Labute approximate surface area is 163 Å². The summed E-state index contributed by atoms with van der Waals surface area (Å²) in [5.41, 5.74) is 1.88. The topological polar surface area (TPSA) is 46.2 Å². The first-order valence-electron chi connectivity index (χ1n) is 9.73. The monoisotopic (exact) mass is 383 g/mol. The highest BCUT2D eigenvalue weighted by Gasteiger charge is 2.53. The van der Waals surface area contributed by atoms with Crippen LogP contribution in [0.3, 0.4) is 0 Å². The number of aryl methyl sites for hydroxylation is 1. The molecule has 1 unspecified atom stereocenters. The van der Waals surface area contributed by atoms with Crippen LogP contribution in [-0.2, 0) is 9.59 Å². The fraction of sp³-hybridized carbons (Fsp3) is 0.391. The zero-order chi connectivity index (χ0) is 20.1. The maximum Gasteiger partial charge on any atom is 0.235 e. The van der Waals surface area contributed by atoms with Gasteiger partial charge in [0.25, 0.3) is 0 Å². The van der Waals surface area contributed by atoms with Crippen LogP contribution in [0.15, 0.2) is 36.4 Å². The van der Waals surface area contributed by atoms with E-state index in [1.807, 2.05) is 13.0 Å². The van der Waals surface area contributed by atoms with Gasteiger partial charge in [0, 0.05) is 0 Å². The molecule has 1 atom stereocenters. The van der Waals surface area contributed by atoms with Gasteiger partial charge in [0.05, 0.1) is 5.54 Å². The molecular formula is C23H23F2NO2. The summed E-state index contributed by atoms with van der Waals surface area (Å²) in [6, 6.07) is 9.07. The number of hydrogen-bond donors (Lipinski definition) is 1. The van der Waals surface area contributed by atoms with Gasteiger partial charge >= 0.3 is 0 Å². The Morgan fingerprint density at radius 2 is 1.61 bits per heavy atom. The Balaban J connectivity index is 1.72. The van der Waals surface area contributed by atoms with E-state index in [9.17, 15) is 18.4 Å². The third kappa shape index (κ3) is 3.03. The van der Waals surface area contributed by atoms with Crippen molar-refractivity contribution in [2.24, 2.45) is 5.92 Å². The smallest absolute Gasteiger partial charge is 0.235 e. The summed E-state index contributed by atoms with van der Waals surface area (Å²) >= 11 is 0. The van der Waals surface area contributed by atoms with Gasteiger partial charge in [0.1, 0.15) is 5.92 Å². The summed E-state index contributed by atoms with van der Waals surface area (Å²) in [4.78, 5) is 26.1. The number of halogens is 2. The minimum atomic E-state index is -0.926. The first-order chi connectivity index (χ1) is 13.3. The van der Waals surface area contributed by atoms with Gasteiger partial charge in [-0.2, -0.15) is 0 Å². The molecule has 0 bridgehead atoms. The van der Waals surface area contributed by atoms with Crippen LogP contribution in [0, 0.1) is 24.5 Å². The van der Waals surface area contributed by atoms with Crippen molar-refractivity contribution in [2.75, 3.05) is 0 Å². The average Bonchev–Trinajstić information content (AvgIpc) is 2.91. The van der Waals surface area contributed by atoms with Gasteiger partial charge in [-0.05, 0) is 79.0 Å². The second-order valence-corrected chi connectivity index (χ2v) is 8.25. The molecule has 2 aromatic rings. The molecule has 1 saturated heterocycles. The molecule has 0 radical (unpaired) electrons. The van der Waals surface area contributed by atoms with Crippen LogP contribution in [-0.4, -0.2) is 17.2 Å². The molecular weight excluding hydrogens is 360 g/mol. The van der Waals surface area contributed by atoms with E-state index in [-0.39, 0.29) is 11.7 Å². The fourth-order valence-electron chi connectivity index (χ4n) is 4.48. The van der Waals surface area contributed by atoms with Gasteiger partial charge in [-0.3, -0.25) is 9.59 Å². The first kappa shape index (κ1) is 18.8. The predicted molar refractivity (Wildman–Crippen MR) is 103 cm³/mol. The van der Waals surface area contributed by atoms with Crippen molar-refractivity contribution in [3.63, 3.8) is 0 Å². The molecule has 1 N–H and O–H groups in total. The maximum absolute atomic E-state index is 13.6. The standard InChI is InChI=1S/C23H23F2NO2/c1-13-7-9-23(10-8-13)21(27)20(22(28)26-23)17-11-15(4-3-14(17)2)16-5-6-18(24)19(25)12-16/h3-6,11-13,20H,7-10H2,1-2H3,(H,26,28). The van der Waals surface area contributed by atoms with E-state index in [1.54, 1.807) is 12.1 Å². The van der Waals surface area contributed by atoms with Crippen molar-refractivity contribution in [2.45, 2.75) is 51.0 Å². The van der Waals surface area contributed by atoms with E-state index in [0.29, 0.717) is 35.4 Å². The minimum absolute atomic E-state index is 0.0602. The molecule has 28 heavy (non-hydrogen) atoms. The number of benzene rings is 2. The van der Waals surface area contributed by atoms with Gasteiger partial charge in [-0.25, -0.2) is 8.78 Å². The van der Waals surface area contributed by atoms with Crippen molar-refractivity contribution in [3.05, 3.63) is 59.2 Å². The molecule has 3 nitrogen and oxygen atoms in total. The van der Waals surface area contributed by atoms with Crippen molar-refractivity contribution < 1.29 is 18.4 Å². The quantitative estimate of drug-likeness (QED) is 0.766. The number of Topliss-reactive ketones (excluding diaryl/α,β-unsaturated/α-hetero) is 1. The van der Waals surface area contributed by atoms with Crippen molar-refractivity contribution >= 4 is 11.7 Å². The number of hydrogen-bond acceptors (Lipinski definition) is 2. The molecule has 1 aliphatic heterocycles. The molecule has 2 aliphatic rings. The Kier molecular flexibility index (Phi) is 4.56. The van der Waals surface area contributed by atoms with Crippen LogP contribution in [0.2, 0.25) is 0 Å². The first-order valence-corrected chi connectivity index (χ1v) is 9.73. The summed E-state index contributed by atoms with van der Waals surface area (Å²) in [5, 5.41) is 2.99. The van der Waals surface area contributed by atoms with Gasteiger partial charge in [0.15, 0.2) is 17.4 Å².